The van der Waals surface area contributed by atoms with Gasteiger partial charge in [0.25, 0.3) is 0 Å². The van der Waals surface area contributed by atoms with Crippen LogP contribution in [0.5, 0.6) is 0 Å². The van der Waals surface area contributed by atoms with Crippen molar-refractivity contribution in [3.8, 4) is 0 Å². The van der Waals surface area contributed by atoms with Gasteiger partial charge in [0.2, 0.25) is 29.5 Å². The maximum Gasteiger partial charge on any atom is 0.245 e. The summed E-state index contributed by atoms with van der Waals surface area (Å²) >= 11 is 0. The van der Waals surface area contributed by atoms with Crippen LogP contribution in [0.2, 0.25) is 0 Å². The van der Waals surface area contributed by atoms with Crippen molar-refractivity contribution in [1.29, 1.82) is 0 Å². The summed E-state index contributed by atoms with van der Waals surface area (Å²) < 4.78 is 0. The van der Waals surface area contributed by atoms with Crippen molar-refractivity contribution >= 4 is 29.5 Å². The van der Waals surface area contributed by atoms with Crippen LogP contribution in [0.3, 0.4) is 0 Å². The maximum atomic E-state index is 13.5. The summed E-state index contributed by atoms with van der Waals surface area (Å²) in [5, 5.41) is 11.4. The molecule has 1 aromatic carbocycles. The Morgan fingerprint density at radius 2 is 1.28 bits per heavy atom. The summed E-state index contributed by atoms with van der Waals surface area (Å²) in [6.07, 6.45) is 1.76. The van der Waals surface area contributed by atoms with E-state index in [9.17, 15) is 24.0 Å². The van der Waals surface area contributed by atoms with E-state index in [1.807, 2.05) is 65.0 Å². The molecule has 10 nitrogen and oxygen atoms in total. The van der Waals surface area contributed by atoms with Gasteiger partial charge in [0.05, 0.1) is 0 Å². The van der Waals surface area contributed by atoms with Gasteiger partial charge in [-0.2, -0.15) is 0 Å². The lowest BCUT2D eigenvalue weighted by Gasteiger charge is -2.31. The van der Waals surface area contributed by atoms with Crippen LogP contribution in [-0.2, 0) is 30.4 Å². The van der Waals surface area contributed by atoms with E-state index in [2.05, 4.69) is 35.1 Å². The monoisotopic (exact) mass is 601 g/mol. The number of rotatable bonds is 17. The van der Waals surface area contributed by atoms with Crippen LogP contribution < -0.4 is 21.3 Å². The Balaban J connectivity index is 3.03. The highest BCUT2D eigenvalue weighted by atomic mass is 16.2. The SMILES string of the molecule is CCC(=O)N[C@@H](Cc1ccccc1)C(=O)N(C)[C@@H](C)C(=O)N[C@H](C(=O)N[C@@H](CC(C)C)C(=O)N[C@H](C)CC(C)C)C(C)C. The number of carbonyl (C=O) groups is 5. The maximum absolute atomic E-state index is 13.5. The van der Waals surface area contributed by atoms with Gasteiger partial charge in [-0.15, -0.1) is 0 Å². The van der Waals surface area contributed by atoms with Crippen LogP contribution in [-0.4, -0.2) is 71.7 Å². The number of nitrogens with zero attached hydrogens (tertiary/aromatic N) is 1. The van der Waals surface area contributed by atoms with Crippen molar-refractivity contribution in [3.05, 3.63) is 35.9 Å². The third kappa shape index (κ3) is 13.2. The van der Waals surface area contributed by atoms with E-state index in [0.29, 0.717) is 12.3 Å². The molecular formula is C33H55N5O5. The van der Waals surface area contributed by atoms with Gasteiger partial charge in [0.1, 0.15) is 24.2 Å². The molecule has 1 rings (SSSR count). The summed E-state index contributed by atoms with van der Waals surface area (Å²) in [5.74, 6) is -1.62. The number of amides is 5. The summed E-state index contributed by atoms with van der Waals surface area (Å²) in [5.41, 5.74) is 0.873. The molecule has 0 radical (unpaired) electrons. The lowest BCUT2D eigenvalue weighted by Crippen LogP contribution is -2.59. The Hall–Kier alpha value is -3.43. The molecule has 0 heterocycles. The van der Waals surface area contributed by atoms with Gasteiger partial charge in [-0.25, -0.2) is 0 Å². The first-order valence-corrected chi connectivity index (χ1v) is 15.6. The first kappa shape index (κ1) is 37.6. The first-order chi connectivity index (χ1) is 20.1. The quantitative estimate of drug-likeness (QED) is 0.217. The number of carbonyl (C=O) groups excluding carboxylic acids is 5. The zero-order valence-electron chi connectivity index (χ0n) is 27.8. The molecule has 0 aliphatic carbocycles. The van der Waals surface area contributed by atoms with Gasteiger partial charge in [-0.05, 0) is 50.0 Å². The van der Waals surface area contributed by atoms with E-state index >= 15 is 0 Å². The van der Waals surface area contributed by atoms with Crippen LogP contribution in [0.25, 0.3) is 0 Å². The number of hydrogen-bond acceptors (Lipinski definition) is 5. The third-order valence-electron chi connectivity index (χ3n) is 7.35. The third-order valence-corrected chi connectivity index (χ3v) is 7.35. The molecular weight excluding hydrogens is 546 g/mol. The number of hydrogen-bond donors (Lipinski definition) is 4. The zero-order valence-corrected chi connectivity index (χ0v) is 27.8. The predicted octanol–water partition coefficient (Wildman–Crippen LogP) is 3.19. The van der Waals surface area contributed by atoms with E-state index < -0.39 is 41.9 Å². The molecule has 0 bridgehead atoms. The smallest absolute Gasteiger partial charge is 0.245 e. The van der Waals surface area contributed by atoms with E-state index in [-0.39, 0.29) is 42.5 Å². The molecule has 4 N–H and O–H groups in total. The topological polar surface area (TPSA) is 137 Å². The van der Waals surface area contributed by atoms with Crippen LogP contribution in [0.15, 0.2) is 30.3 Å². The molecule has 43 heavy (non-hydrogen) atoms. The Morgan fingerprint density at radius 3 is 1.79 bits per heavy atom. The molecule has 0 aliphatic rings. The Bertz CT molecular complexity index is 1060. The van der Waals surface area contributed by atoms with Crippen LogP contribution in [0.4, 0.5) is 0 Å². The van der Waals surface area contributed by atoms with Gasteiger partial charge in [-0.3, -0.25) is 24.0 Å². The minimum Gasteiger partial charge on any atom is -0.352 e. The van der Waals surface area contributed by atoms with Crippen molar-refractivity contribution in [2.24, 2.45) is 17.8 Å². The van der Waals surface area contributed by atoms with E-state index in [1.165, 1.54) is 11.9 Å². The predicted molar refractivity (Wildman–Crippen MR) is 170 cm³/mol. The lowest BCUT2D eigenvalue weighted by molar-refractivity contribution is -0.142. The normalized spacial score (nSPS) is 14.8. The summed E-state index contributed by atoms with van der Waals surface area (Å²) in [4.78, 5) is 66.9. The fourth-order valence-corrected chi connectivity index (χ4v) is 4.84. The van der Waals surface area contributed by atoms with Gasteiger partial charge in [0, 0.05) is 25.9 Å². The van der Waals surface area contributed by atoms with E-state index in [0.717, 1.165) is 12.0 Å². The number of nitrogens with one attached hydrogen (secondary N) is 4. The fourth-order valence-electron chi connectivity index (χ4n) is 4.84. The van der Waals surface area contributed by atoms with Gasteiger partial charge >= 0.3 is 0 Å². The average Bonchev–Trinajstić information content (AvgIpc) is 2.93. The van der Waals surface area contributed by atoms with Crippen molar-refractivity contribution in [2.75, 3.05) is 7.05 Å². The van der Waals surface area contributed by atoms with Gasteiger partial charge in [-0.1, -0.05) is 78.8 Å². The highest BCUT2D eigenvalue weighted by Gasteiger charge is 2.34. The standard InChI is InChI=1S/C33H55N5O5/c1-11-28(39)35-27(19-25-15-13-12-14-16-25)33(43)38(10)24(9)30(40)37-29(22(6)7)32(42)36-26(18-21(4)5)31(41)34-23(8)17-20(2)3/h12-16,20-24,26-27,29H,11,17-19H2,1-10H3,(H,34,41)(H,35,39)(H,36,42)(H,37,40)/t23-,24+,26+,27+,29+/m1/s1. The molecule has 5 amide bonds. The largest absolute Gasteiger partial charge is 0.352 e. The molecule has 5 atom stereocenters. The molecule has 0 aromatic heterocycles. The van der Waals surface area contributed by atoms with Crippen molar-refractivity contribution in [2.45, 2.75) is 118 Å². The van der Waals surface area contributed by atoms with Crippen molar-refractivity contribution < 1.29 is 24.0 Å². The molecule has 10 heteroatoms. The summed E-state index contributed by atoms with van der Waals surface area (Å²) in [6.45, 7) is 17.0. The minimum atomic E-state index is -0.926. The summed E-state index contributed by atoms with van der Waals surface area (Å²) in [7, 11) is 1.51. The second-order valence-corrected chi connectivity index (χ2v) is 12.7. The first-order valence-electron chi connectivity index (χ1n) is 15.6. The highest BCUT2D eigenvalue weighted by Crippen LogP contribution is 2.12. The zero-order chi connectivity index (χ0) is 32.9. The van der Waals surface area contributed by atoms with E-state index in [1.54, 1.807) is 13.8 Å². The average molecular weight is 602 g/mol. The second kappa shape index (κ2) is 18.3. The molecule has 0 aliphatic heterocycles. The highest BCUT2D eigenvalue weighted by molar-refractivity contribution is 5.95. The van der Waals surface area contributed by atoms with Crippen LogP contribution in [0, 0.1) is 17.8 Å². The minimum absolute atomic E-state index is 0.0404. The Labute approximate surface area is 258 Å². The molecule has 0 unspecified atom stereocenters. The Kier molecular flexibility index (Phi) is 16.0. The Morgan fingerprint density at radius 1 is 0.698 bits per heavy atom. The molecule has 1 aromatic rings. The summed E-state index contributed by atoms with van der Waals surface area (Å²) in [6, 6.07) is 5.84. The molecule has 0 spiro atoms. The van der Waals surface area contributed by atoms with Gasteiger partial charge in [0.15, 0.2) is 0 Å². The van der Waals surface area contributed by atoms with Crippen LogP contribution >= 0.6 is 0 Å². The molecule has 0 fully saturated rings. The second-order valence-electron chi connectivity index (χ2n) is 12.7. The fraction of sp³-hybridized carbons (Fsp3) is 0.667. The van der Waals surface area contributed by atoms with Crippen molar-refractivity contribution in [3.63, 3.8) is 0 Å². The molecule has 0 saturated heterocycles. The van der Waals surface area contributed by atoms with Gasteiger partial charge < -0.3 is 26.2 Å². The van der Waals surface area contributed by atoms with Crippen molar-refractivity contribution in [1.82, 2.24) is 26.2 Å². The van der Waals surface area contributed by atoms with Crippen LogP contribution in [0.1, 0.15) is 87.1 Å². The number of benzene rings is 1. The molecule has 242 valence electrons. The molecule has 0 saturated carbocycles. The number of likely N-dealkylation sites (N-methyl/N-ethyl adjacent to an activating group) is 1. The lowest BCUT2D eigenvalue weighted by atomic mass is 9.99. The van der Waals surface area contributed by atoms with E-state index in [4.69, 9.17) is 0 Å².